The minimum atomic E-state index is -0.537. The number of carbonyl (C=O) groups is 2. The highest BCUT2D eigenvalue weighted by Gasteiger charge is 1.97. The van der Waals surface area contributed by atoms with Crippen LogP contribution >= 0.6 is 0 Å². The van der Waals surface area contributed by atoms with Gasteiger partial charge in [-0.2, -0.15) is 0 Å². The van der Waals surface area contributed by atoms with E-state index in [2.05, 4.69) is 22.6 Å². The van der Waals surface area contributed by atoms with Crippen LogP contribution in [0, 0.1) is 0 Å². The molecule has 0 fully saturated rings. The van der Waals surface area contributed by atoms with Crippen LogP contribution in [0.4, 0.5) is 0 Å². The third-order valence-electron chi connectivity index (χ3n) is 0.905. The van der Waals surface area contributed by atoms with Crippen molar-refractivity contribution < 1.29 is 19.1 Å². The number of hydrogen-bond acceptors (Lipinski definition) is 4. The Hall–Kier alpha value is -1.58. The van der Waals surface area contributed by atoms with Crippen LogP contribution in [0.5, 0.6) is 0 Å². The van der Waals surface area contributed by atoms with Crippen LogP contribution < -0.4 is 0 Å². The minimum absolute atomic E-state index is 0.0322. The van der Waals surface area contributed by atoms with Gasteiger partial charge in [0.1, 0.15) is 13.2 Å². The van der Waals surface area contributed by atoms with Crippen molar-refractivity contribution in [3.8, 4) is 0 Å². The zero-order valence-electron chi connectivity index (χ0n) is 12.6. The third kappa shape index (κ3) is 29.3. The van der Waals surface area contributed by atoms with Gasteiger partial charge in [0, 0.05) is 12.2 Å². The van der Waals surface area contributed by atoms with Crippen molar-refractivity contribution in [1.82, 2.24) is 0 Å². The van der Waals surface area contributed by atoms with E-state index in [1.54, 1.807) is 0 Å². The fraction of sp³-hybridized carbons (Fsp3) is 0.571. The molecule has 0 aromatic carbocycles. The molecule has 0 radical (unpaired) electrons. The number of ether oxygens (including phenoxy) is 2. The van der Waals surface area contributed by atoms with Gasteiger partial charge in [0.25, 0.3) is 0 Å². The molecule has 0 N–H and O–H groups in total. The number of esters is 2. The van der Waals surface area contributed by atoms with Gasteiger partial charge in [-0.3, -0.25) is 0 Å². The molecule has 0 bridgehead atoms. The van der Waals surface area contributed by atoms with Crippen LogP contribution in [-0.2, 0) is 19.1 Å². The molecule has 0 unspecified atom stereocenters. The first-order valence-corrected chi connectivity index (χ1v) is 6.29. The molecule has 18 heavy (non-hydrogen) atoms. The molecule has 0 aromatic heterocycles. The molecule has 0 aliphatic rings. The van der Waals surface area contributed by atoms with E-state index in [9.17, 15) is 9.59 Å². The Balaban J connectivity index is -0.000000141. The van der Waals surface area contributed by atoms with E-state index in [1.165, 1.54) is 0 Å². The maximum absolute atomic E-state index is 10.4. The van der Waals surface area contributed by atoms with Crippen LogP contribution in [0.15, 0.2) is 25.3 Å². The van der Waals surface area contributed by atoms with Gasteiger partial charge in [0.15, 0.2) is 0 Å². The molecule has 4 heteroatoms. The molecule has 0 aliphatic carbocycles. The predicted octanol–water partition coefficient (Wildman–Crippen LogP) is 3.52. The first kappa shape index (κ1) is 25.3. The van der Waals surface area contributed by atoms with Crippen molar-refractivity contribution in [2.24, 2.45) is 0 Å². The van der Waals surface area contributed by atoms with E-state index in [4.69, 9.17) is 0 Å². The zero-order chi connectivity index (χ0) is 15.4. The Morgan fingerprint density at radius 3 is 1.17 bits per heavy atom. The molecule has 0 atom stereocenters. The summed E-state index contributed by atoms with van der Waals surface area (Å²) in [6.07, 6.45) is 2.07. The molecule has 0 amide bonds. The summed E-state index contributed by atoms with van der Waals surface area (Å²) in [6, 6.07) is 0. The quantitative estimate of drug-likeness (QED) is 0.431. The van der Waals surface area contributed by atoms with Gasteiger partial charge in [-0.25, -0.2) is 9.59 Å². The third-order valence-corrected chi connectivity index (χ3v) is 0.905. The second-order valence-corrected chi connectivity index (χ2v) is 1.74. The summed E-state index contributed by atoms with van der Waals surface area (Å²) in [5, 5.41) is 0. The Labute approximate surface area is 112 Å². The van der Waals surface area contributed by atoms with Crippen molar-refractivity contribution in [2.45, 2.75) is 41.5 Å². The molecule has 0 rings (SSSR count). The molecule has 0 saturated carbocycles. The summed E-state index contributed by atoms with van der Waals surface area (Å²) in [5.74, 6) is -1.07. The van der Waals surface area contributed by atoms with Gasteiger partial charge >= 0.3 is 11.9 Å². The average molecular weight is 260 g/mol. The van der Waals surface area contributed by atoms with E-state index in [0.29, 0.717) is 0 Å². The summed E-state index contributed by atoms with van der Waals surface area (Å²) in [7, 11) is 0. The molecule has 0 aliphatic heterocycles. The highest BCUT2D eigenvalue weighted by molar-refractivity contribution is 5.81. The Morgan fingerprint density at radius 2 is 1.00 bits per heavy atom. The lowest BCUT2D eigenvalue weighted by Crippen LogP contribution is -2.10. The second-order valence-electron chi connectivity index (χ2n) is 1.74. The van der Waals surface area contributed by atoms with Gasteiger partial charge in [0.05, 0.1) is 0 Å². The summed E-state index contributed by atoms with van der Waals surface area (Å²) in [5.41, 5.74) is 0. The van der Waals surface area contributed by atoms with Crippen LogP contribution in [-0.4, -0.2) is 25.2 Å². The van der Waals surface area contributed by atoms with Crippen molar-refractivity contribution in [2.75, 3.05) is 13.2 Å². The maximum atomic E-state index is 10.4. The maximum Gasteiger partial charge on any atom is 0.330 e. The molecular formula is C14H28O4. The van der Waals surface area contributed by atoms with Crippen LogP contribution in [0.25, 0.3) is 0 Å². The Kier molecular flexibility index (Phi) is 41.5. The fourth-order valence-corrected chi connectivity index (χ4v) is 0.402. The summed E-state index contributed by atoms with van der Waals surface area (Å²) in [4.78, 5) is 20.9. The molecule has 0 saturated heterocycles. The number of rotatable bonds is 5. The Bertz CT molecular complexity index is 176. The van der Waals surface area contributed by atoms with Crippen LogP contribution in [0.3, 0.4) is 0 Å². The SMILES string of the molecule is C=CC(=O)OCCOC(=O)C=C.CC.CC.CC. The molecule has 4 nitrogen and oxygen atoms in total. The number of carbonyl (C=O) groups excluding carboxylic acids is 2. The van der Waals surface area contributed by atoms with Gasteiger partial charge < -0.3 is 9.47 Å². The van der Waals surface area contributed by atoms with Crippen molar-refractivity contribution in [3.05, 3.63) is 25.3 Å². The van der Waals surface area contributed by atoms with Crippen LogP contribution in [0.2, 0.25) is 0 Å². The fourth-order valence-electron chi connectivity index (χ4n) is 0.402. The molecule has 0 aromatic rings. The van der Waals surface area contributed by atoms with Gasteiger partial charge in [0.2, 0.25) is 0 Å². The summed E-state index contributed by atoms with van der Waals surface area (Å²) in [6.45, 7) is 18.4. The second kappa shape index (κ2) is 29.5. The van der Waals surface area contributed by atoms with E-state index in [1.807, 2.05) is 41.5 Å². The number of hydrogen-bond donors (Lipinski definition) is 0. The zero-order valence-corrected chi connectivity index (χ0v) is 12.6. The smallest absolute Gasteiger partial charge is 0.330 e. The van der Waals surface area contributed by atoms with Crippen molar-refractivity contribution in [3.63, 3.8) is 0 Å². The van der Waals surface area contributed by atoms with E-state index in [0.717, 1.165) is 12.2 Å². The molecule has 0 heterocycles. The van der Waals surface area contributed by atoms with Crippen LogP contribution in [0.1, 0.15) is 41.5 Å². The van der Waals surface area contributed by atoms with Gasteiger partial charge in [-0.15, -0.1) is 0 Å². The minimum Gasteiger partial charge on any atom is -0.459 e. The van der Waals surface area contributed by atoms with Crippen molar-refractivity contribution >= 4 is 11.9 Å². The van der Waals surface area contributed by atoms with E-state index in [-0.39, 0.29) is 13.2 Å². The first-order chi connectivity index (χ1) is 8.70. The van der Waals surface area contributed by atoms with E-state index < -0.39 is 11.9 Å². The standard InChI is InChI=1S/C8H10O4.3C2H6/c1-3-7(9)11-5-6-12-8(10)4-2;3*1-2/h3-4H,1-2,5-6H2;3*1-2H3. The van der Waals surface area contributed by atoms with Crippen molar-refractivity contribution in [1.29, 1.82) is 0 Å². The lowest BCUT2D eigenvalue weighted by Gasteiger charge is -2.01. The topological polar surface area (TPSA) is 52.6 Å². The highest BCUT2D eigenvalue weighted by Crippen LogP contribution is 1.82. The first-order valence-electron chi connectivity index (χ1n) is 6.29. The highest BCUT2D eigenvalue weighted by atomic mass is 16.6. The normalized spacial score (nSPS) is 6.56. The lowest BCUT2D eigenvalue weighted by atomic mass is 10.6. The van der Waals surface area contributed by atoms with Gasteiger partial charge in [-0.05, 0) is 0 Å². The predicted molar refractivity (Wildman–Crippen MR) is 76.4 cm³/mol. The summed E-state index contributed by atoms with van der Waals surface area (Å²) < 4.78 is 9.04. The average Bonchev–Trinajstić information content (AvgIpc) is 2.49. The Morgan fingerprint density at radius 1 is 0.778 bits per heavy atom. The monoisotopic (exact) mass is 260 g/mol. The van der Waals surface area contributed by atoms with E-state index >= 15 is 0 Å². The largest absolute Gasteiger partial charge is 0.459 e. The molecular weight excluding hydrogens is 232 g/mol. The molecule has 108 valence electrons. The summed E-state index contributed by atoms with van der Waals surface area (Å²) >= 11 is 0. The lowest BCUT2D eigenvalue weighted by molar-refractivity contribution is -0.146. The van der Waals surface area contributed by atoms with Gasteiger partial charge in [-0.1, -0.05) is 54.7 Å². The molecule has 0 spiro atoms.